The molecule has 6 rings (SSSR count). The average molecular weight is 767 g/mol. The first-order chi connectivity index (χ1) is 24.8. The fourth-order valence-electron chi connectivity index (χ4n) is 5.85. The molecule has 1 aliphatic rings. The van der Waals surface area contributed by atoms with Gasteiger partial charge in [0, 0.05) is 21.2 Å². The molecule has 1 unspecified atom stereocenters. The van der Waals surface area contributed by atoms with Crippen LogP contribution in [0.5, 0.6) is 23.0 Å². The molecule has 258 valence electrons. The number of fused-ring (bicyclic) bond motifs is 1. The predicted molar refractivity (Wildman–Crippen MR) is 197 cm³/mol. The molecule has 0 bridgehead atoms. The van der Waals surface area contributed by atoms with Crippen LogP contribution in [0.1, 0.15) is 40.8 Å². The summed E-state index contributed by atoms with van der Waals surface area (Å²) in [5.41, 5.74) is 3.32. The third-order valence-corrected chi connectivity index (χ3v) is 9.86. The molecule has 12 heteroatoms. The average Bonchev–Trinajstić information content (AvgIpc) is 3.47. The second kappa shape index (κ2) is 15.5. The molecule has 2 heterocycles. The van der Waals surface area contributed by atoms with E-state index in [2.05, 4.69) is 22.0 Å². The van der Waals surface area contributed by atoms with Gasteiger partial charge in [0.15, 0.2) is 27.8 Å². The van der Waals surface area contributed by atoms with E-state index >= 15 is 0 Å². The number of benzene rings is 4. The molecular weight excluding hydrogens is 734 g/mol. The molecule has 0 aliphatic carbocycles. The van der Waals surface area contributed by atoms with Crippen molar-refractivity contribution in [1.82, 2.24) is 4.57 Å². The minimum absolute atomic E-state index is 0.122. The number of aromatic nitrogens is 1. The van der Waals surface area contributed by atoms with Crippen molar-refractivity contribution >= 4 is 45.0 Å². The maximum atomic E-state index is 14.5. The van der Waals surface area contributed by atoms with Gasteiger partial charge in [0.1, 0.15) is 12.6 Å². The smallest absolute Gasteiger partial charge is 0.338 e. The summed E-state index contributed by atoms with van der Waals surface area (Å²) in [6.45, 7) is 2.01. The number of halogens is 1. The van der Waals surface area contributed by atoms with Gasteiger partial charge in [-0.25, -0.2) is 9.79 Å². The number of thiazole rings is 1. The van der Waals surface area contributed by atoms with E-state index < -0.39 is 12.0 Å². The van der Waals surface area contributed by atoms with E-state index in [1.165, 1.54) is 37.2 Å². The highest BCUT2D eigenvalue weighted by atomic mass is 79.9. The lowest BCUT2D eigenvalue weighted by Crippen LogP contribution is -2.40. The van der Waals surface area contributed by atoms with Gasteiger partial charge in [0.25, 0.3) is 5.56 Å². The molecule has 4 aromatic carbocycles. The SMILES string of the molecule is CCOC(=O)C1=C(c2ccccc2)N=c2sc(=Cc3cc(OC)c(OCc4ccccc4C#N)cc3Br)c(=O)n2C1c1cccc(OC)c1OC. The van der Waals surface area contributed by atoms with Gasteiger partial charge in [-0.2, -0.15) is 5.26 Å². The Kier molecular flexibility index (Phi) is 10.7. The number of carbonyl (C=O) groups excluding carboxylic acids is 1. The lowest BCUT2D eigenvalue weighted by molar-refractivity contribution is -0.138. The topological polar surface area (TPSA) is 121 Å². The zero-order valence-corrected chi connectivity index (χ0v) is 30.5. The first-order valence-corrected chi connectivity index (χ1v) is 17.4. The fourth-order valence-corrected chi connectivity index (χ4v) is 7.28. The van der Waals surface area contributed by atoms with Crippen LogP contribution in [0.25, 0.3) is 11.8 Å². The number of nitriles is 1. The largest absolute Gasteiger partial charge is 0.493 e. The van der Waals surface area contributed by atoms with E-state index in [9.17, 15) is 14.9 Å². The molecule has 51 heavy (non-hydrogen) atoms. The second-order valence-electron chi connectivity index (χ2n) is 11.1. The molecule has 1 aliphatic heterocycles. The molecule has 0 radical (unpaired) electrons. The van der Waals surface area contributed by atoms with E-state index in [0.29, 0.717) is 64.8 Å². The van der Waals surface area contributed by atoms with Crippen molar-refractivity contribution in [3.05, 3.63) is 142 Å². The number of carbonyl (C=O) groups is 1. The van der Waals surface area contributed by atoms with Crippen molar-refractivity contribution in [3.8, 4) is 29.1 Å². The van der Waals surface area contributed by atoms with Gasteiger partial charge < -0.3 is 23.7 Å². The normalized spacial score (nSPS) is 13.9. The van der Waals surface area contributed by atoms with Crippen molar-refractivity contribution in [2.75, 3.05) is 27.9 Å². The van der Waals surface area contributed by atoms with Crippen LogP contribution in [0.2, 0.25) is 0 Å². The monoisotopic (exact) mass is 765 g/mol. The van der Waals surface area contributed by atoms with Crippen LogP contribution in [0, 0.1) is 11.3 Å². The van der Waals surface area contributed by atoms with Crippen LogP contribution in [0.15, 0.2) is 105 Å². The quantitative estimate of drug-likeness (QED) is 0.146. The third kappa shape index (κ3) is 6.91. The van der Waals surface area contributed by atoms with Crippen LogP contribution in [-0.4, -0.2) is 38.5 Å². The maximum absolute atomic E-state index is 14.5. The Morgan fingerprint density at radius 2 is 1.71 bits per heavy atom. The van der Waals surface area contributed by atoms with Crippen molar-refractivity contribution in [1.29, 1.82) is 5.26 Å². The van der Waals surface area contributed by atoms with E-state index in [0.717, 1.165) is 5.56 Å². The maximum Gasteiger partial charge on any atom is 0.338 e. The summed E-state index contributed by atoms with van der Waals surface area (Å²) in [6, 6.07) is 26.6. The summed E-state index contributed by atoms with van der Waals surface area (Å²) in [7, 11) is 4.57. The second-order valence-corrected chi connectivity index (χ2v) is 13.0. The number of hydrogen-bond donors (Lipinski definition) is 0. The zero-order valence-electron chi connectivity index (χ0n) is 28.1. The zero-order chi connectivity index (χ0) is 36.1. The highest BCUT2D eigenvalue weighted by molar-refractivity contribution is 9.10. The Morgan fingerprint density at radius 1 is 0.961 bits per heavy atom. The van der Waals surface area contributed by atoms with Crippen molar-refractivity contribution in [3.63, 3.8) is 0 Å². The minimum atomic E-state index is -0.965. The van der Waals surface area contributed by atoms with Crippen molar-refractivity contribution in [2.24, 2.45) is 4.99 Å². The Labute approximate surface area is 306 Å². The molecule has 0 saturated heterocycles. The Balaban J connectivity index is 1.54. The van der Waals surface area contributed by atoms with E-state index in [-0.39, 0.29) is 24.3 Å². The van der Waals surface area contributed by atoms with Crippen LogP contribution >= 0.6 is 27.3 Å². The number of nitrogens with zero attached hydrogens (tertiary/aromatic N) is 3. The first-order valence-electron chi connectivity index (χ1n) is 15.8. The first kappa shape index (κ1) is 35.2. The standard InChI is InChI=1S/C39H32BrN3O7S/c1-5-49-38(45)33-34(23-12-7-6-8-13-23)42-39-43(35(33)27-16-11-17-29(46-2)36(27)48-4)37(44)32(51-39)19-26-18-30(47-3)31(20-28(26)40)50-22-25-15-10-9-14-24(25)21-41/h6-20,35H,5,22H2,1-4H3. The minimum Gasteiger partial charge on any atom is -0.493 e. The molecule has 10 nitrogen and oxygen atoms in total. The molecule has 0 spiro atoms. The van der Waals surface area contributed by atoms with Crippen molar-refractivity contribution < 1.29 is 28.5 Å². The van der Waals surface area contributed by atoms with E-state index in [4.69, 9.17) is 28.7 Å². The molecule has 0 N–H and O–H groups in total. The Morgan fingerprint density at radius 3 is 2.41 bits per heavy atom. The molecule has 1 atom stereocenters. The highest BCUT2D eigenvalue weighted by Gasteiger charge is 2.37. The number of ether oxygens (including phenoxy) is 5. The third-order valence-electron chi connectivity index (χ3n) is 8.19. The molecule has 1 aromatic heterocycles. The number of para-hydroxylation sites is 1. The summed E-state index contributed by atoms with van der Waals surface area (Å²) in [4.78, 5) is 33.7. The van der Waals surface area contributed by atoms with E-state index in [1.807, 2.05) is 42.5 Å². The summed E-state index contributed by atoms with van der Waals surface area (Å²) in [6.07, 6.45) is 1.74. The Bertz CT molecular complexity index is 2380. The predicted octanol–water partition coefficient (Wildman–Crippen LogP) is 6.17. The molecule has 0 saturated carbocycles. The van der Waals surface area contributed by atoms with Crippen LogP contribution in [-0.2, 0) is 16.1 Å². The lowest BCUT2D eigenvalue weighted by atomic mass is 9.92. The molecule has 5 aromatic rings. The van der Waals surface area contributed by atoms with Gasteiger partial charge in [-0.15, -0.1) is 0 Å². The van der Waals surface area contributed by atoms with Gasteiger partial charge in [0.05, 0.1) is 55.4 Å². The molecule has 0 fully saturated rings. The summed E-state index contributed by atoms with van der Waals surface area (Å²) >= 11 is 4.83. The molecular formula is C39H32BrN3O7S. The number of hydrogen-bond acceptors (Lipinski definition) is 10. The van der Waals surface area contributed by atoms with Crippen LogP contribution in [0.4, 0.5) is 0 Å². The summed E-state index contributed by atoms with van der Waals surface area (Å²) < 4.78 is 31.3. The van der Waals surface area contributed by atoms with Gasteiger partial charge in [-0.3, -0.25) is 9.36 Å². The molecule has 0 amide bonds. The van der Waals surface area contributed by atoms with Gasteiger partial charge in [-0.1, -0.05) is 87.9 Å². The van der Waals surface area contributed by atoms with E-state index in [1.54, 1.807) is 55.5 Å². The fraction of sp³-hybridized carbons (Fsp3) is 0.179. The number of esters is 1. The van der Waals surface area contributed by atoms with Crippen molar-refractivity contribution in [2.45, 2.75) is 19.6 Å². The van der Waals surface area contributed by atoms with Crippen LogP contribution in [0.3, 0.4) is 0 Å². The lowest BCUT2D eigenvalue weighted by Gasteiger charge is -2.27. The summed E-state index contributed by atoms with van der Waals surface area (Å²) in [5.74, 6) is 1.09. The summed E-state index contributed by atoms with van der Waals surface area (Å²) in [5, 5.41) is 9.48. The highest BCUT2D eigenvalue weighted by Crippen LogP contribution is 2.42. The van der Waals surface area contributed by atoms with Gasteiger partial charge >= 0.3 is 5.97 Å². The number of methoxy groups -OCH3 is 3. The van der Waals surface area contributed by atoms with Crippen LogP contribution < -0.4 is 33.8 Å². The van der Waals surface area contributed by atoms with Gasteiger partial charge in [0.2, 0.25) is 0 Å². The van der Waals surface area contributed by atoms with Gasteiger partial charge in [-0.05, 0) is 42.8 Å². The number of rotatable bonds is 11. The Hall–Kier alpha value is -5.64.